The number of nitrogens with one attached hydrogen (secondary N) is 1. The van der Waals surface area contributed by atoms with Gasteiger partial charge in [0.05, 0.1) is 22.2 Å². The van der Waals surface area contributed by atoms with Crippen molar-refractivity contribution in [1.82, 2.24) is 0 Å². The Morgan fingerprint density at radius 1 is 0.816 bits per heavy atom. The first-order valence-corrected chi connectivity index (χ1v) is 14.2. The minimum Gasteiger partial charge on any atom is -0.372 e. The molecule has 196 valence electrons. The molecule has 0 bridgehead atoms. The van der Waals surface area contributed by atoms with Gasteiger partial charge in [-0.2, -0.15) is 0 Å². The molecule has 0 saturated heterocycles. The van der Waals surface area contributed by atoms with Crippen molar-refractivity contribution in [2.75, 3.05) is 27.6 Å². The molecule has 4 aromatic rings. The van der Waals surface area contributed by atoms with Crippen molar-refractivity contribution >= 4 is 44.6 Å². The van der Waals surface area contributed by atoms with Gasteiger partial charge in [0.15, 0.2) is 0 Å². The lowest BCUT2D eigenvalue weighted by Crippen LogP contribution is -2.31. The quantitative estimate of drug-likeness (QED) is 0.236. The number of hydrogen-bond donors (Lipinski definition) is 1. The zero-order valence-corrected chi connectivity index (χ0v) is 22.9. The van der Waals surface area contributed by atoms with Crippen LogP contribution in [-0.4, -0.2) is 27.4 Å². The van der Waals surface area contributed by atoms with Crippen LogP contribution in [0.1, 0.15) is 29.8 Å². The molecule has 0 heterocycles. The number of sulfonamides is 1. The summed E-state index contributed by atoms with van der Waals surface area (Å²) in [5, 5.41) is 3.18. The second kappa shape index (κ2) is 12.2. The minimum absolute atomic E-state index is 0.00196. The van der Waals surface area contributed by atoms with Crippen LogP contribution in [0.25, 0.3) is 0 Å². The molecular weight excluding hydrogens is 518 g/mol. The van der Waals surface area contributed by atoms with E-state index in [-0.39, 0.29) is 17.0 Å². The van der Waals surface area contributed by atoms with E-state index in [0.717, 1.165) is 24.3 Å². The summed E-state index contributed by atoms with van der Waals surface area (Å²) >= 11 is 6.43. The van der Waals surface area contributed by atoms with Gasteiger partial charge in [0.2, 0.25) is 0 Å². The number of amides is 1. The van der Waals surface area contributed by atoms with Crippen molar-refractivity contribution in [1.29, 1.82) is 0 Å². The average Bonchev–Trinajstić information content (AvgIpc) is 2.94. The van der Waals surface area contributed by atoms with E-state index in [4.69, 9.17) is 11.6 Å². The molecule has 38 heavy (non-hydrogen) atoms. The van der Waals surface area contributed by atoms with Gasteiger partial charge >= 0.3 is 0 Å². The zero-order chi connectivity index (χ0) is 27.1. The monoisotopic (exact) mass is 547 g/mol. The molecule has 4 rings (SSSR count). The fraction of sp³-hybridized carbons (Fsp3) is 0.167. The fourth-order valence-electron chi connectivity index (χ4n) is 4.18. The first kappa shape index (κ1) is 27.2. The smallest absolute Gasteiger partial charge is 0.264 e. The number of anilines is 3. The summed E-state index contributed by atoms with van der Waals surface area (Å²) in [5.41, 5.74) is 3.09. The van der Waals surface area contributed by atoms with E-state index in [2.05, 4.69) is 24.1 Å². The molecule has 0 fully saturated rings. The second-order valence-corrected chi connectivity index (χ2v) is 10.9. The van der Waals surface area contributed by atoms with Gasteiger partial charge in [-0.05, 0) is 74.0 Å². The molecule has 4 aromatic carbocycles. The molecule has 0 aliphatic rings. The molecule has 0 spiro atoms. The van der Waals surface area contributed by atoms with Crippen LogP contribution < -0.4 is 14.5 Å². The van der Waals surface area contributed by atoms with Crippen molar-refractivity contribution in [3.05, 3.63) is 119 Å². The van der Waals surface area contributed by atoms with Crippen LogP contribution in [0.4, 0.5) is 17.1 Å². The number of carbonyl (C=O) groups is 1. The summed E-state index contributed by atoms with van der Waals surface area (Å²) in [5.74, 6) is -0.398. The van der Waals surface area contributed by atoms with Gasteiger partial charge in [0.1, 0.15) is 0 Å². The first-order valence-electron chi connectivity index (χ1n) is 12.4. The molecule has 0 aliphatic carbocycles. The van der Waals surface area contributed by atoms with Crippen LogP contribution >= 0.6 is 11.6 Å². The maximum atomic E-state index is 13.9. The summed E-state index contributed by atoms with van der Waals surface area (Å²) in [6.45, 7) is 6.04. The van der Waals surface area contributed by atoms with E-state index < -0.39 is 15.9 Å². The van der Waals surface area contributed by atoms with E-state index in [0.29, 0.717) is 16.4 Å². The summed E-state index contributed by atoms with van der Waals surface area (Å²) in [6, 6.07) is 29.7. The Kier molecular flexibility index (Phi) is 8.71. The van der Waals surface area contributed by atoms with E-state index in [1.807, 2.05) is 54.6 Å². The predicted octanol–water partition coefficient (Wildman–Crippen LogP) is 6.83. The average molecular weight is 548 g/mol. The minimum atomic E-state index is -4.06. The van der Waals surface area contributed by atoms with E-state index in [1.165, 1.54) is 16.4 Å². The van der Waals surface area contributed by atoms with Crippen LogP contribution in [0.15, 0.2) is 108 Å². The summed E-state index contributed by atoms with van der Waals surface area (Å²) < 4.78 is 29.1. The fourth-order valence-corrected chi connectivity index (χ4v) is 5.98. The van der Waals surface area contributed by atoms with Gasteiger partial charge in [-0.25, -0.2) is 8.42 Å². The largest absolute Gasteiger partial charge is 0.372 e. The van der Waals surface area contributed by atoms with Gasteiger partial charge in [0, 0.05) is 30.0 Å². The zero-order valence-electron chi connectivity index (χ0n) is 21.3. The number of benzene rings is 4. The lowest BCUT2D eigenvalue weighted by Gasteiger charge is -2.26. The van der Waals surface area contributed by atoms with E-state index in [1.54, 1.807) is 36.4 Å². The van der Waals surface area contributed by atoms with Crippen LogP contribution in [-0.2, 0) is 16.6 Å². The lowest BCUT2D eigenvalue weighted by atomic mass is 10.2. The molecule has 0 aromatic heterocycles. The van der Waals surface area contributed by atoms with Crippen molar-refractivity contribution in [3.8, 4) is 0 Å². The Balaban J connectivity index is 1.62. The molecule has 1 amide bonds. The number of halogens is 1. The third kappa shape index (κ3) is 6.18. The van der Waals surface area contributed by atoms with Gasteiger partial charge < -0.3 is 10.2 Å². The summed E-state index contributed by atoms with van der Waals surface area (Å²) in [6.07, 6.45) is 0. The maximum absolute atomic E-state index is 13.9. The Morgan fingerprint density at radius 2 is 1.47 bits per heavy atom. The van der Waals surface area contributed by atoms with Crippen LogP contribution in [0.5, 0.6) is 0 Å². The molecule has 0 unspecified atom stereocenters. The number of hydrogen-bond acceptors (Lipinski definition) is 4. The molecule has 0 atom stereocenters. The van der Waals surface area contributed by atoms with Crippen LogP contribution in [0.2, 0.25) is 5.02 Å². The van der Waals surface area contributed by atoms with Gasteiger partial charge in [0.25, 0.3) is 15.9 Å². The van der Waals surface area contributed by atoms with Crippen molar-refractivity contribution in [3.63, 3.8) is 0 Å². The second-order valence-electron chi connectivity index (χ2n) is 8.65. The van der Waals surface area contributed by atoms with Crippen molar-refractivity contribution < 1.29 is 13.2 Å². The number of carbonyl (C=O) groups excluding carboxylic acids is 1. The Morgan fingerprint density at radius 3 is 2.13 bits per heavy atom. The molecule has 0 saturated carbocycles. The number of rotatable bonds is 10. The SMILES string of the molecule is CCN(CC)c1ccc(NC(=O)c2cccc(S(=O)(=O)N(Cc3ccccc3)c3ccccc3Cl)c2)cc1. The topological polar surface area (TPSA) is 69.7 Å². The molecule has 0 radical (unpaired) electrons. The summed E-state index contributed by atoms with van der Waals surface area (Å²) in [4.78, 5) is 15.3. The third-order valence-corrected chi connectivity index (χ3v) is 8.30. The van der Waals surface area contributed by atoms with Crippen molar-refractivity contribution in [2.24, 2.45) is 0 Å². The number of para-hydroxylation sites is 1. The lowest BCUT2D eigenvalue weighted by molar-refractivity contribution is 0.102. The highest BCUT2D eigenvalue weighted by Gasteiger charge is 2.27. The standard InChI is InChI=1S/C30H30ClN3O3S/c1-3-33(4-2)26-19-17-25(18-20-26)32-30(35)24-13-10-14-27(21-24)38(36,37)34(22-23-11-6-5-7-12-23)29-16-9-8-15-28(29)31/h5-21H,3-4,22H2,1-2H3,(H,32,35). The number of nitrogens with zero attached hydrogens (tertiary/aromatic N) is 2. The predicted molar refractivity (Wildman–Crippen MR) is 156 cm³/mol. The molecular formula is C30H30ClN3O3S. The van der Waals surface area contributed by atoms with Gasteiger partial charge in [-0.1, -0.05) is 60.1 Å². The Bertz CT molecular complexity index is 1490. The first-order chi connectivity index (χ1) is 18.3. The Hall–Kier alpha value is -3.81. The Labute approximate surface area is 229 Å². The highest BCUT2D eigenvalue weighted by atomic mass is 35.5. The highest BCUT2D eigenvalue weighted by molar-refractivity contribution is 7.92. The van der Waals surface area contributed by atoms with Crippen molar-refractivity contribution in [2.45, 2.75) is 25.3 Å². The highest BCUT2D eigenvalue weighted by Crippen LogP contribution is 2.32. The molecule has 8 heteroatoms. The molecule has 1 N–H and O–H groups in total. The maximum Gasteiger partial charge on any atom is 0.264 e. The van der Waals surface area contributed by atoms with E-state index >= 15 is 0 Å². The van der Waals surface area contributed by atoms with Gasteiger partial charge in [-0.3, -0.25) is 9.10 Å². The third-order valence-electron chi connectivity index (χ3n) is 6.23. The normalized spacial score (nSPS) is 11.1. The molecule has 0 aliphatic heterocycles. The van der Waals surface area contributed by atoms with E-state index in [9.17, 15) is 13.2 Å². The molecule has 6 nitrogen and oxygen atoms in total. The summed E-state index contributed by atoms with van der Waals surface area (Å²) in [7, 11) is -4.06. The van der Waals surface area contributed by atoms with Crippen LogP contribution in [0.3, 0.4) is 0 Å². The van der Waals surface area contributed by atoms with Gasteiger partial charge in [-0.15, -0.1) is 0 Å². The van der Waals surface area contributed by atoms with Crippen LogP contribution in [0, 0.1) is 0 Å².